The molecule has 1 saturated heterocycles. The molecule has 0 unspecified atom stereocenters. The number of rotatable bonds is 5. The van der Waals surface area contributed by atoms with E-state index in [2.05, 4.69) is 75.0 Å². The van der Waals surface area contributed by atoms with Gasteiger partial charge in [-0.15, -0.1) is 11.3 Å². The molecule has 0 bridgehead atoms. The van der Waals surface area contributed by atoms with E-state index in [0.29, 0.717) is 5.92 Å². The first-order valence-electron chi connectivity index (χ1n) is 14.2. The number of thiazole rings is 1. The average molecular weight is 556 g/mol. The average Bonchev–Trinajstić information content (AvgIpc) is 3.35. The second kappa shape index (κ2) is 12.4. The quantitative estimate of drug-likeness (QED) is 0.403. The van der Waals surface area contributed by atoms with Crippen LogP contribution in [0.25, 0.3) is 11.3 Å². The standard InChI is InChI=1S/C25H34N2S.C7H15NO3/c1-17(2)27-13-9-18(10-14-27)23-26-22(16-28-23)19-7-8-20-21(15-19)25(5,6)12-11-24(20,3)4;1-7(2,3)11-6(10)8-4-5-9/h7-8,15-16,18H,1,9-14H2,2-6H3;9H,4-5H2,1-3H3,(H,8,10). The largest absolute Gasteiger partial charge is 0.444 e. The number of carbonyl (C=O) groups is 1. The third-order valence-corrected chi connectivity index (χ3v) is 8.84. The minimum Gasteiger partial charge on any atom is -0.444 e. The predicted octanol–water partition coefficient (Wildman–Crippen LogP) is 7.38. The summed E-state index contributed by atoms with van der Waals surface area (Å²) in [6.45, 7) is 23.5. The zero-order valence-corrected chi connectivity index (χ0v) is 26.1. The molecule has 1 aromatic carbocycles. The molecule has 0 saturated carbocycles. The van der Waals surface area contributed by atoms with Crippen LogP contribution in [0.2, 0.25) is 0 Å². The van der Waals surface area contributed by atoms with Crippen LogP contribution in [0, 0.1) is 0 Å². The molecule has 1 fully saturated rings. The van der Waals surface area contributed by atoms with E-state index in [1.807, 2.05) is 11.3 Å². The monoisotopic (exact) mass is 555 g/mol. The minimum absolute atomic E-state index is 0.0702. The van der Waals surface area contributed by atoms with Crippen molar-refractivity contribution in [1.29, 1.82) is 0 Å². The van der Waals surface area contributed by atoms with Crippen molar-refractivity contribution in [2.45, 2.75) is 103 Å². The number of nitrogens with zero attached hydrogens (tertiary/aromatic N) is 2. The molecule has 6 nitrogen and oxygen atoms in total. The van der Waals surface area contributed by atoms with Crippen LogP contribution in [-0.2, 0) is 15.6 Å². The summed E-state index contributed by atoms with van der Waals surface area (Å²) in [6.07, 6.45) is 4.39. The maximum atomic E-state index is 10.8. The van der Waals surface area contributed by atoms with Crippen LogP contribution in [0.1, 0.15) is 103 Å². The van der Waals surface area contributed by atoms with Gasteiger partial charge in [-0.3, -0.25) is 0 Å². The molecule has 1 aliphatic heterocycles. The van der Waals surface area contributed by atoms with Gasteiger partial charge >= 0.3 is 6.09 Å². The molecule has 2 N–H and O–H groups in total. The Morgan fingerprint density at radius 3 is 2.33 bits per heavy atom. The van der Waals surface area contributed by atoms with Gasteiger partial charge in [-0.25, -0.2) is 9.78 Å². The molecule has 39 heavy (non-hydrogen) atoms. The molecule has 0 radical (unpaired) electrons. The highest BCUT2D eigenvalue weighted by Gasteiger charge is 2.37. The van der Waals surface area contributed by atoms with Crippen LogP contribution in [-0.4, -0.2) is 52.9 Å². The Bertz CT molecular complexity index is 1140. The Kier molecular flexibility index (Phi) is 9.92. The van der Waals surface area contributed by atoms with Crippen molar-refractivity contribution in [1.82, 2.24) is 15.2 Å². The molecule has 4 rings (SSSR count). The SMILES string of the molecule is C=C(C)N1CCC(c2nc(-c3ccc4c(c3)C(C)(C)CCC4(C)C)cs2)CC1.CC(C)(C)OC(=O)NCCO. The van der Waals surface area contributed by atoms with Gasteiger partial charge in [0.2, 0.25) is 0 Å². The van der Waals surface area contributed by atoms with Gasteiger partial charge in [-0.2, -0.15) is 0 Å². The number of aliphatic hydroxyl groups excluding tert-OH is 1. The van der Waals surface area contributed by atoms with Crippen molar-refractivity contribution in [2.24, 2.45) is 0 Å². The summed E-state index contributed by atoms with van der Waals surface area (Å²) in [5.74, 6) is 0.599. The Morgan fingerprint density at radius 1 is 1.15 bits per heavy atom. The Morgan fingerprint density at radius 2 is 1.77 bits per heavy atom. The zero-order chi connectivity index (χ0) is 29.0. The number of ether oxygens (including phenoxy) is 1. The number of hydrogen-bond acceptors (Lipinski definition) is 6. The fourth-order valence-electron chi connectivity index (χ4n) is 5.34. The van der Waals surface area contributed by atoms with Crippen molar-refractivity contribution in [2.75, 3.05) is 26.2 Å². The summed E-state index contributed by atoms with van der Waals surface area (Å²) in [6, 6.07) is 7.10. The van der Waals surface area contributed by atoms with Crippen LogP contribution < -0.4 is 5.32 Å². The van der Waals surface area contributed by atoms with E-state index in [1.54, 1.807) is 20.8 Å². The highest BCUT2D eigenvalue weighted by Crippen LogP contribution is 2.47. The summed E-state index contributed by atoms with van der Waals surface area (Å²) in [5.41, 5.74) is 6.72. The van der Waals surface area contributed by atoms with Gasteiger partial charge in [-0.05, 0) is 81.4 Å². The smallest absolute Gasteiger partial charge is 0.407 e. The van der Waals surface area contributed by atoms with Gasteiger partial charge in [0.25, 0.3) is 0 Å². The van der Waals surface area contributed by atoms with E-state index in [1.165, 1.54) is 53.1 Å². The van der Waals surface area contributed by atoms with Crippen molar-refractivity contribution >= 4 is 17.4 Å². The lowest BCUT2D eigenvalue weighted by Crippen LogP contribution is -2.33. The first kappa shape index (κ1) is 31.2. The van der Waals surface area contributed by atoms with Crippen LogP contribution in [0.4, 0.5) is 4.79 Å². The lowest BCUT2D eigenvalue weighted by atomic mass is 9.63. The lowest BCUT2D eigenvalue weighted by molar-refractivity contribution is 0.0517. The summed E-state index contributed by atoms with van der Waals surface area (Å²) >= 11 is 1.85. The normalized spacial score (nSPS) is 18.4. The number of aromatic nitrogens is 1. The van der Waals surface area contributed by atoms with Gasteiger partial charge < -0.3 is 20.1 Å². The summed E-state index contributed by atoms with van der Waals surface area (Å²) in [4.78, 5) is 18.3. The molecule has 216 valence electrons. The topological polar surface area (TPSA) is 74.7 Å². The van der Waals surface area contributed by atoms with Gasteiger partial charge in [-0.1, -0.05) is 46.4 Å². The van der Waals surface area contributed by atoms with E-state index in [-0.39, 0.29) is 24.0 Å². The zero-order valence-electron chi connectivity index (χ0n) is 25.3. The number of piperidine rings is 1. The molecule has 2 aliphatic rings. The number of allylic oxidation sites excluding steroid dienone is 1. The molecule has 2 aromatic rings. The van der Waals surface area contributed by atoms with Crippen molar-refractivity contribution < 1.29 is 14.6 Å². The van der Waals surface area contributed by atoms with E-state index >= 15 is 0 Å². The van der Waals surface area contributed by atoms with Gasteiger partial charge in [0.05, 0.1) is 17.3 Å². The van der Waals surface area contributed by atoms with Crippen LogP contribution in [0.5, 0.6) is 0 Å². The summed E-state index contributed by atoms with van der Waals surface area (Å²) in [5, 5.41) is 14.3. The number of hydrogen-bond donors (Lipinski definition) is 2. The van der Waals surface area contributed by atoms with Gasteiger partial charge in [0.15, 0.2) is 0 Å². The Hall–Kier alpha value is -2.38. The third-order valence-electron chi connectivity index (χ3n) is 7.83. The first-order chi connectivity index (χ1) is 18.1. The van der Waals surface area contributed by atoms with E-state index in [9.17, 15) is 4.79 Å². The second-order valence-corrected chi connectivity index (χ2v) is 14.1. The minimum atomic E-state index is -0.494. The van der Waals surface area contributed by atoms with Gasteiger partial charge in [0.1, 0.15) is 5.60 Å². The summed E-state index contributed by atoms with van der Waals surface area (Å²) < 4.78 is 4.88. The van der Waals surface area contributed by atoms with Crippen LogP contribution >= 0.6 is 11.3 Å². The summed E-state index contributed by atoms with van der Waals surface area (Å²) in [7, 11) is 0. The van der Waals surface area contributed by atoms with Crippen LogP contribution in [0.3, 0.4) is 0 Å². The van der Waals surface area contributed by atoms with E-state index < -0.39 is 11.7 Å². The lowest BCUT2D eigenvalue weighted by Gasteiger charge is -2.42. The number of fused-ring (bicyclic) bond motifs is 1. The number of carbonyl (C=O) groups excluding carboxylic acids is 1. The molecule has 1 aliphatic carbocycles. The molecular weight excluding hydrogens is 506 g/mol. The molecule has 1 aromatic heterocycles. The fourth-order valence-corrected chi connectivity index (χ4v) is 6.34. The van der Waals surface area contributed by atoms with E-state index in [0.717, 1.165) is 18.8 Å². The number of alkyl carbamates (subject to hydrolysis) is 1. The molecule has 1 amide bonds. The molecule has 7 heteroatoms. The molecule has 2 heterocycles. The third kappa shape index (κ3) is 8.31. The van der Waals surface area contributed by atoms with Crippen LogP contribution in [0.15, 0.2) is 35.9 Å². The fraction of sp³-hybridized carbons (Fsp3) is 0.625. The van der Waals surface area contributed by atoms with Crippen molar-refractivity contribution in [3.63, 3.8) is 0 Å². The highest BCUT2D eigenvalue weighted by molar-refractivity contribution is 7.10. The Labute approximate surface area is 239 Å². The highest BCUT2D eigenvalue weighted by atomic mass is 32.1. The van der Waals surface area contributed by atoms with Gasteiger partial charge in [0, 0.05) is 42.2 Å². The number of likely N-dealkylation sites (tertiary alicyclic amines) is 1. The van der Waals surface area contributed by atoms with Crippen molar-refractivity contribution in [3.05, 3.63) is 52.0 Å². The number of benzene rings is 1. The number of amides is 1. The maximum absolute atomic E-state index is 10.8. The van der Waals surface area contributed by atoms with E-state index in [4.69, 9.17) is 14.8 Å². The number of aliphatic hydroxyl groups is 1. The predicted molar refractivity (Wildman–Crippen MR) is 163 cm³/mol. The molecular formula is C32H49N3O3S. The second-order valence-electron chi connectivity index (χ2n) is 13.2. The maximum Gasteiger partial charge on any atom is 0.407 e. The molecule has 0 spiro atoms. The molecule has 0 atom stereocenters. The Balaban J connectivity index is 0.000000325. The first-order valence-corrected chi connectivity index (χ1v) is 15.1. The van der Waals surface area contributed by atoms with Crippen molar-refractivity contribution in [3.8, 4) is 11.3 Å². The number of nitrogens with one attached hydrogen (secondary N) is 1.